The summed E-state index contributed by atoms with van der Waals surface area (Å²) in [5, 5.41) is 18.5. The average molecular weight is 326 g/mol. The van der Waals surface area contributed by atoms with E-state index in [-0.39, 0.29) is 37.4 Å². The molecule has 0 aliphatic heterocycles. The molecule has 0 aromatic carbocycles. The quantitative estimate of drug-likeness (QED) is 0.210. The van der Waals surface area contributed by atoms with E-state index in [4.69, 9.17) is 14.6 Å². The molecule has 3 N–H and O–H groups in total. The Morgan fingerprint density at radius 3 is 2.23 bits per heavy atom. The normalized spacial score (nSPS) is 12.3. The standard InChI is InChI=1S/C15H29N3O3.Na.H/c1-3-4-5-6-7-8-9-10-11-13(19)17-15(16)18(2)12-14(20)21;;/h3-12H2,1-2H3,(H,20,21)(H2,16,17,19);;/q;+1;-1/i2D3;;. The molecule has 7 heteroatoms. The molecule has 0 aromatic heterocycles. The monoisotopic (exact) mass is 326 g/mol. The van der Waals surface area contributed by atoms with Crippen LogP contribution < -0.4 is 34.9 Å². The first kappa shape index (κ1) is 17.8. The number of carboxylic acid groups (broad SMARTS) is 1. The van der Waals surface area contributed by atoms with E-state index in [1.165, 1.54) is 25.7 Å². The van der Waals surface area contributed by atoms with E-state index in [0.717, 1.165) is 19.3 Å². The van der Waals surface area contributed by atoms with Crippen molar-refractivity contribution in [2.45, 2.75) is 64.7 Å². The topological polar surface area (TPSA) is 93.5 Å². The van der Waals surface area contributed by atoms with Crippen molar-refractivity contribution in [2.75, 3.05) is 13.5 Å². The van der Waals surface area contributed by atoms with Gasteiger partial charge >= 0.3 is 35.5 Å². The second-order valence-corrected chi connectivity index (χ2v) is 5.10. The summed E-state index contributed by atoms with van der Waals surface area (Å²) < 4.78 is 21.7. The third-order valence-electron chi connectivity index (χ3n) is 3.08. The number of nitrogens with zero attached hydrogens (tertiary/aromatic N) is 1. The van der Waals surface area contributed by atoms with Gasteiger partial charge in [-0.15, -0.1) is 0 Å². The molecule has 0 saturated heterocycles. The third-order valence-corrected chi connectivity index (χ3v) is 3.08. The van der Waals surface area contributed by atoms with Gasteiger partial charge in [0.1, 0.15) is 6.54 Å². The molecular weight excluding hydrogens is 293 g/mol. The molecule has 1 amide bonds. The molecule has 0 fully saturated rings. The molecule has 0 bridgehead atoms. The van der Waals surface area contributed by atoms with Gasteiger partial charge in [0.15, 0.2) is 5.96 Å². The molecule has 124 valence electrons. The summed E-state index contributed by atoms with van der Waals surface area (Å²) >= 11 is 0. The van der Waals surface area contributed by atoms with Crippen LogP contribution in [0.1, 0.15) is 70.3 Å². The number of carboxylic acids is 1. The molecule has 0 radical (unpaired) electrons. The van der Waals surface area contributed by atoms with Crippen molar-refractivity contribution in [1.29, 1.82) is 5.41 Å². The van der Waals surface area contributed by atoms with Crippen LogP contribution in [0.3, 0.4) is 0 Å². The molecule has 0 aromatic rings. The van der Waals surface area contributed by atoms with Gasteiger partial charge in [-0.25, -0.2) is 0 Å². The molecule has 0 heterocycles. The second-order valence-electron chi connectivity index (χ2n) is 5.10. The fourth-order valence-corrected chi connectivity index (χ4v) is 1.90. The molecule has 0 rings (SSSR count). The Bertz CT molecular complexity index is 423. The average Bonchev–Trinajstić information content (AvgIpc) is 2.46. The number of hydrogen-bond donors (Lipinski definition) is 3. The Balaban J connectivity index is -0.00000264. The molecule has 0 spiro atoms. The van der Waals surface area contributed by atoms with Crippen LogP contribution in [0, 0.1) is 5.41 Å². The second kappa shape index (κ2) is 15.3. The van der Waals surface area contributed by atoms with Crippen molar-refractivity contribution in [3.63, 3.8) is 0 Å². The molecule has 0 saturated carbocycles. The Kier molecular flexibility index (Phi) is 12.4. The van der Waals surface area contributed by atoms with Crippen LogP contribution in [-0.4, -0.2) is 41.4 Å². The summed E-state index contributed by atoms with van der Waals surface area (Å²) in [6.07, 6.45) is 8.86. The molecule has 0 aliphatic carbocycles. The fraction of sp³-hybridized carbons (Fsp3) is 0.800. The van der Waals surface area contributed by atoms with Crippen LogP contribution in [0.2, 0.25) is 0 Å². The zero-order valence-corrected chi connectivity index (χ0v) is 15.8. The number of likely N-dealkylation sites (N-methyl/N-ethyl adjacent to an activating group) is 1. The van der Waals surface area contributed by atoms with E-state index >= 15 is 0 Å². The smallest absolute Gasteiger partial charge is 1.00 e. The van der Waals surface area contributed by atoms with Crippen LogP contribution in [0.5, 0.6) is 0 Å². The minimum Gasteiger partial charge on any atom is -1.00 e. The fourth-order valence-electron chi connectivity index (χ4n) is 1.90. The van der Waals surface area contributed by atoms with Crippen LogP contribution in [0.25, 0.3) is 0 Å². The predicted octanol–water partition coefficient (Wildman–Crippen LogP) is -0.299. The molecule has 0 atom stereocenters. The number of rotatable bonds is 11. The van der Waals surface area contributed by atoms with E-state index in [2.05, 4.69) is 12.2 Å². The van der Waals surface area contributed by atoms with Crippen LogP contribution in [0.15, 0.2) is 0 Å². The summed E-state index contributed by atoms with van der Waals surface area (Å²) in [6, 6.07) is 0. The first-order valence-electron chi connectivity index (χ1n) is 9.06. The largest absolute Gasteiger partial charge is 1.00 e. The van der Waals surface area contributed by atoms with Gasteiger partial charge in [-0.3, -0.25) is 20.3 Å². The summed E-state index contributed by atoms with van der Waals surface area (Å²) in [5.41, 5.74) is 0. The van der Waals surface area contributed by atoms with Gasteiger partial charge in [-0.1, -0.05) is 51.9 Å². The van der Waals surface area contributed by atoms with Crippen molar-refractivity contribution in [3.05, 3.63) is 0 Å². The summed E-state index contributed by atoms with van der Waals surface area (Å²) in [7, 11) is 0. The number of nitrogens with one attached hydrogen (secondary N) is 2. The SMILES string of the molecule is [2H]C([2H])([2H])N(CC(=O)O)C(=N)NC(=O)CCCCCCCCCC.[H-].[Na+]. The maximum atomic E-state index is 11.7. The predicted molar refractivity (Wildman–Crippen MR) is 84.5 cm³/mol. The van der Waals surface area contributed by atoms with Crippen LogP contribution in [0.4, 0.5) is 0 Å². The number of carbonyl (C=O) groups excluding carboxylic acids is 1. The van der Waals surface area contributed by atoms with Gasteiger partial charge in [-0.2, -0.15) is 0 Å². The van der Waals surface area contributed by atoms with Crippen molar-refractivity contribution in [2.24, 2.45) is 0 Å². The number of carbonyl (C=O) groups is 2. The van der Waals surface area contributed by atoms with E-state index in [1.54, 1.807) is 0 Å². The summed E-state index contributed by atoms with van der Waals surface area (Å²) in [4.78, 5) is 22.8. The number of amides is 1. The van der Waals surface area contributed by atoms with E-state index in [1.807, 2.05) is 0 Å². The maximum Gasteiger partial charge on any atom is 1.00 e. The van der Waals surface area contributed by atoms with Gasteiger partial charge in [0, 0.05) is 17.5 Å². The Morgan fingerprint density at radius 2 is 1.73 bits per heavy atom. The number of unbranched alkanes of at least 4 members (excludes halogenated alkanes) is 7. The van der Waals surface area contributed by atoms with Crippen molar-refractivity contribution < 1.29 is 49.8 Å². The Morgan fingerprint density at radius 1 is 1.18 bits per heavy atom. The van der Waals surface area contributed by atoms with Gasteiger partial charge < -0.3 is 11.4 Å². The molecule has 22 heavy (non-hydrogen) atoms. The van der Waals surface area contributed by atoms with Gasteiger partial charge in [-0.05, 0) is 6.42 Å². The first-order chi connectivity index (χ1) is 11.2. The van der Waals surface area contributed by atoms with Gasteiger partial charge in [0.05, 0.1) is 0 Å². The van der Waals surface area contributed by atoms with Crippen LogP contribution >= 0.6 is 0 Å². The Labute approximate surface area is 161 Å². The molecule has 0 unspecified atom stereocenters. The molecular formula is C15H30N3NaO3. The molecule has 6 nitrogen and oxygen atoms in total. The number of guanidine groups is 1. The Hall–Kier alpha value is -0.590. The number of aliphatic carboxylic acids is 1. The maximum absolute atomic E-state index is 11.7. The van der Waals surface area contributed by atoms with Crippen molar-refractivity contribution >= 4 is 17.8 Å². The molecule has 0 aliphatic rings. The number of hydrogen-bond acceptors (Lipinski definition) is 3. The summed E-state index contributed by atoms with van der Waals surface area (Å²) in [6.45, 7) is -1.49. The zero-order valence-electron chi connectivity index (χ0n) is 17.8. The first-order valence-corrected chi connectivity index (χ1v) is 7.56. The van der Waals surface area contributed by atoms with E-state index < -0.39 is 31.4 Å². The van der Waals surface area contributed by atoms with Gasteiger partial charge in [0.2, 0.25) is 5.91 Å². The van der Waals surface area contributed by atoms with Crippen LogP contribution in [-0.2, 0) is 9.59 Å². The van der Waals surface area contributed by atoms with E-state index in [9.17, 15) is 9.59 Å². The van der Waals surface area contributed by atoms with Crippen molar-refractivity contribution in [3.8, 4) is 0 Å². The minimum atomic E-state index is -2.79. The zero-order chi connectivity index (χ0) is 18.6. The third kappa shape index (κ3) is 14.4. The minimum absolute atomic E-state index is 0. The van der Waals surface area contributed by atoms with E-state index in [0.29, 0.717) is 11.3 Å². The van der Waals surface area contributed by atoms with Gasteiger partial charge in [0.25, 0.3) is 0 Å². The summed E-state index contributed by atoms with van der Waals surface area (Å²) in [5.74, 6) is -2.55. The van der Waals surface area contributed by atoms with Crippen molar-refractivity contribution in [1.82, 2.24) is 10.2 Å².